The lowest BCUT2D eigenvalue weighted by molar-refractivity contribution is 0.0954. The Labute approximate surface area is 142 Å². The average molecular weight is 345 g/mol. The molecule has 3 rings (SSSR count). The fraction of sp³-hybridized carbons (Fsp3) is 0.111. The highest BCUT2D eigenvalue weighted by molar-refractivity contribution is 6.33. The summed E-state index contributed by atoms with van der Waals surface area (Å²) in [7, 11) is 0. The molecule has 24 heavy (non-hydrogen) atoms. The molecule has 1 amide bonds. The van der Waals surface area contributed by atoms with E-state index < -0.39 is 5.82 Å². The number of fused-ring (bicyclic) bond motifs is 1. The highest BCUT2D eigenvalue weighted by atomic mass is 35.5. The number of halogens is 2. The van der Waals surface area contributed by atoms with Crippen LogP contribution in [0.4, 0.5) is 4.39 Å². The first kappa shape index (κ1) is 16.2. The Bertz CT molecular complexity index is 915. The quantitative estimate of drug-likeness (QED) is 0.709. The first-order valence-electron chi connectivity index (χ1n) is 7.35. The number of benzene rings is 2. The van der Waals surface area contributed by atoms with Crippen molar-refractivity contribution in [1.82, 2.24) is 10.3 Å². The molecule has 6 heteroatoms. The predicted octanol–water partition coefficient (Wildman–Crippen LogP) is 3.71. The molecule has 0 bridgehead atoms. The molecule has 1 heterocycles. The topological polar surface area (TPSA) is 62.2 Å². The monoisotopic (exact) mass is 344 g/mol. The van der Waals surface area contributed by atoms with Gasteiger partial charge in [0.15, 0.2) is 0 Å². The number of aromatic hydroxyl groups is 1. The molecule has 0 atom stereocenters. The van der Waals surface area contributed by atoms with Crippen LogP contribution in [0.15, 0.2) is 48.5 Å². The predicted molar refractivity (Wildman–Crippen MR) is 90.9 cm³/mol. The van der Waals surface area contributed by atoms with E-state index >= 15 is 0 Å². The van der Waals surface area contributed by atoms with E-state index in [2.05, 4.69) is 10.3 Å². The van der Waals surface area contributed by atoms with Crippen molar-refractivity contribution in [2.24, 2.45) is 0 Å². The summed E-state index contributed by atoms with van der Waals surface area (Å²) in [6.45, 7) is 0.341. The van der Waals surface area contributed by atoms with E-state index in [1.54, 1.807) is 30.3 Å². The Balaban J connectivity index is 1.73. The highest BCUT2D eigenvalue weighted by Gasteiger charge is 2.13. The molecule has 0 radical (unpaired) electrons. The summed E-state index contributed by atoms with van der Waals surface area (Å²) in [5.74, 6) is -0.584. The van der Waals surface area contributed by atoms with Crippen LogP contribution in [0, 0.1) is 5.82 Å². The van der Waals surface area contributed by atoms with E-state index in [0.29, 0.717) is 23.9 Å². The zero-order valence-electron chi connectivity index (χ0n) is 12.6. The molecule has 0 aliphatic carbocycles. The molecule has 0 aliphatic heterocycles. The number of hydrogen-bond acceptors (Lipinski definition) is 3. The Hall–Kier alpha value is -2.66. The standard InChI is InChI=1S/C18H14ClFN2O2/c19-17-14(9-12-5-6-13(20)10-15(12)22-17)18(24)21-8-7-11-3-1-2-4-16(11)23/h1-6,9-10,23H,7-8H2,(H,21,24). The number of aromatic nitrogens is 1. The fourth-order valence-electron chi connectivity index (χ4n) is 2.40. The Morgan fingerprint density at radius 2 is 2.00 bits per heavy atom. The van der Waals surface area contributed by atoms with Crippen molar-refractivity contribution in [1.29, 1.82) is 0 Å². The van der Waals surface area contributed by atoms with Crippen LogP contribution in [0.2, 0.25) is 5.15 Å². The minimum atomic E-state index is -0.411. The van der Waals surface area contributed by atoms with Crippen LogP contribution in [0.3, 0.4) is 0 Å². The molecular formula is C18H14ClFN2O2. The second-order valence-electron chi connectivity index (χ2n) is 5.30. The van der Waals surface area contributed by atoms with E-state index in [4.69, 9.17) is 11.6 Å². The second kappa shape index (κ2) is 6.84. The summed E-state index contributed by atoms with van der Waals surface area (Å²) in [5.41, 5.74) is 1.37. The lowest BCUT2D eigenvalue weighted by atomic mass is 10.1. The van der Waals surface area contributed by atoms with Gasteiger partial charge in [-0.15, -0.1) is 0 Å². The van der Waals surface area contributed by atoms with E-state index in [1.807, 2.05) is 6.07 Å². The van der Waals surface area contributed by atoms with Gasteiger partial charge in [0.2, 0.25) is 0 Å². The van der Waals surface area contributed by atoms with Crippen LogP contribution in [0.25, 0.3) is 10.9 Å². The zero-order chi connectivity index (χ0) is 17.1. The Morgan fingerprint density at radius 1 is 1.21 bits per heavy atom. The summed E-state index contributed by atoms with van der Waals surface area (Å²) in [5, 5.41) is 13.1. The van der Waals surface area contributed by atoms with Crippen molar-refractivity contribution in [3.05, 3.63) is 70.6 Å². The zero-order valence-corrected chi connectivity index (χ0v) is 13.3. The van der Waals surface area contributed by atoms with Gasteiger partial charge >= 0.3 is 0 Å². The van der Waals surface area contributed by atoms with Crippen LogP contribution in [-0.2, 0) is 6.42 Å². The summed E-state index contributed by atoms with van der Waals surface area (Å²) < 4.78 is 13.2. The molecule has 2 aromatic carbocycles. The molecule has 0 unspecified atom stereocenters. The van der Waals surface area contributed by atoms with Crippen LogP contribution in [0.5, 0.6) is 5.75 Å². The van der Waals surface area contributed by atoms with Crippen LogP contribution >= 0.6 is 11.6 Å². The van der Waals surface area contributed by atoms with E-state index in [9.17, 15) is 14.3 Å². The molecule has 0 aliphatic rings. The third kappa shape index (κ3) is 3.46. The van der Waals surface area contributed by atoms with Gasteiger partial charge in [0.05, 0.1) is 11.1 Å². The summed E-state index contributed by atoms with van der Waals surface area (Å²) in [4.78, 5) is 16.3. The first-order valence-corrected chi connectivity index (χ1v) is 7.73. The van der Waals surface area contributed by atoms with Gasteiger partial charge < -0.3 is 10.4 Å². The molecule has 122 valence electrons. The summed E-state index contributed by atoms with van der Waals surface area (Å²) in [6, 6.07) is 12.6. The first-order chi connectivity index (χ1) is 11.5. The SMILES string of the molecule is O=C(NCCc1ccccc1O)c1cc2ccc(F)cc2nc1Cl. The number of nitrogens with zero attached hydrogens (tertiary/aromatic N) is 1. The van der Waals surface area contributed by atoms with E-state index in [1.165, 1.54) is 12.1 Å². The van der Waals surface area contributed by atoms with Crippen LogP contribution in [-0.4, -0.2) is 22.5 Å². The summed E-state index contributed by atoms with van der Waals surface area (Å²) in [6.07, 6.45) is 0.488. The number of para-hydroxylation sites is 1. The van der Waals surface area contributed by atoms with Crippen molar-refractivity contribution in [2.75, 3.05) is 6.54 Å². The maximum Gasteiger partial charge on any atom is 0.254 e. The van der Waals surface area contributed by atoms with Gasteiger partial charge in [-0.3, -0.25) is 4.79 Å². The number of carbonyl (C=O) groups excluding carboxylic acids is 1. The van der Waals surface area contributed by atoms with Gasteiger partial charge in [-0.1, -0.05) is 29.8 Å². The van der Waals surface area contributed by atoms with Gasteiger partial charge in [-0.2, -0.15) is 0 Å². The molecule has 0 saturated heterocycles. The van der Waals surface area contributed by atoms with Gasteiger partial charge in [0, 0.05) is 18.0 Å². The minimum absolute atomic E-state index is 0.0214. The van der Waals surface area contributed by atoms with Gasteiger partial charge in [-0.25, -0.2) is 9.37 Å². The van der Waals surface area contributed by atoms with Crippen molar-refractivity contribution in [3.63, 3.8) is 0 Å². The summed E-state index contributed by atoms with van der Waals surface area (Å²) >= 11 is 6.04. The van der Waals surface area contributed by atoms with Crippen LogP contribution < -0.4 is 5.32 Å². The third-order valence-electron chi connectivity index (χ3n) is 3.65. The largest absolute Gasteiger partial charge is 0.508 e. The number of pyridine rings is 1. The van der Waals surface area contributed by atoms with Crippen molar-refractivity contribution in [2.45, 2.75) is 6.42 Å². The number of phenols is 1. The molecule has 4 nitrogen and oxygen atoms in total. The number of hydrogen-bond donors (Lipinski definition) is 2. The van der Waals surface area contributed by atoms with Crippen molar-refractivity contribution < 1.29 is 14.3 Å². The lowest BCUT2D eigenvalue weighted by Crippen LogP contribution is -2.26. The molecule has 2 N–H and O–H groups in total. The molecule has 0 saturated carbocycles. The van der Waals surface area contributed by atoms with Gasteiger partial charge in [0.25, 0.3) is 5.91 Å². The number of rotatable bonds is 4. The number of nitrogens with one attached hydrogen (secondary N) is 1. The maximum atomic E-state index is 13.2. The normalized spacial score (nSPS) is 10.8. The van der Waals surface area contributed by atoms with E-state index in [0.717, 1.165) is 5.56 Å². The number of carbonyl (C=O) groups is 1. The third-order valence-corrected chi connectivity index (χ3v) is 3.94. The molecule has 3 aromatic rings. The fourth-order valence-corrected chi connectivity index (χ4v) is 2.64. The minimum Gasteiger partial charge on any atom is -0.508 e. The van der Waals surface area contributed by atoms with Crippen LogP contribution in [0.1, 0.15) is 15.9 Å². The molecule has 1 aromatic heterocycles. The Kier molecular flexibility index (Phi) is 4.62. The number of phenolic OH excluding ortho intramolecular Hbond substituents is 1. The molecule has 0 spiro atoms. The van der Waals surface area contributed by atoms with Gasteiger partial charge in [0.1, 0.15) is 16.7 Å². The maximum absolute atomic E-state index is 13.2. The number of amides is 1. The van der Waals surface area contributed by atoms with Gasteiger partial charge in [-0.05, 0) is 36.2 Å². The Morgan fingerprint density at radius 3 is 2.79 bits per heavy atom. The van der Waals surface area contributed by atoms with Crippen molar-refractivity contribution in [3.8, 4) is 5.75 Å². The molecular weight excluding hydrogens is 331 g/mol. The lowest BCUT2D eigenvalue weighted by Gasteiger charge is -2.09. The highest BCUT2D eigenvalue weighted by Crippen LogP contribution is 2.21. The average Bonchev–Trinajstić information content (AvgIpc) is 2.55. The molecule has 0 fully saturated rings. The smallest absolute Gasteiger partial charge is 0.254 e. The van der Waals surface area contributed by atoms with Crippen molar-refractivity contribution >= 4 is 28.4 Å². The second-order valence-corrected chi connectivity index (χ2v) is 5.66. The van der Waals surface area contributed by atoms with E-state index in [-0.39, 0.29) is 22.4 Å².